The number of halogens is 3. The second-order valence-corrected chi connectivity index (χ2v) is 6.48. The SMILES string of the molecule is CCCN1CCC(NC(=NCc2cccc(OC(F)F)c2)NCC)CC1.I. The van der Waals surface area contributed by atoms with E-state index in [1.807, 2.05) is 13.0 Å². The van der Waals surface area contributed by atoms with Crippen LogP contribution in [0, 0.1) is 0 Å². The van der Waals surface area contributed by atoms with Crippen molar-refractivity contribution < 1.29 is 13.5 Å². The van der Waals surface area contributed by atoms with E-state index in [9.17, 15) is 8.78 Å². The zero-order valence-electron chi connectivity index (χ0n) is 16.1. The Hall–Kier alpha value is -1.16. The lowest BCUT2D eigenvalue weighted by atomic mass is 10.1. The van der Waals surface area contributed by atoms with E-state index in [0.29, 0.717) is 12.6 Å². The summed E-state index contributed by atoms with van der Waals surface area (Å²) in [6, 6.07) is 7.09. The lowest BCUT2D eigenvalue weighted by Crippen LogP contribution is -2.48. The first-order valence-electron chi connectivity index (χ1n) is 9.41. The number of guanidine groups is 1. The van der Waals surface area contributed by atoms with Gasteiger partial charge in [0.1, 0.15) is 5.75 Å². The fourth-order valence-electron chi connectivity index (χ4n) is 3.12. The van der Waals surface area contributed by atoms with Crippen molar-refractivity contribution in [3.8, 4) is 5.75 Å². The van der Waals surface area contributed by atoms with E-state index in [0.717, 1.165) is 50.5 Å². The molecule has 0 spiro atoms. The Balaban J connectivity index is 0.00000364. The summed E-state index contributed by atoms with van der Waals surface area (Å²) >= 11 is 0. The molecule has 154 valence electrons. The van der Waals surface area contributed by atoms with E-state index >= 15 is 0 Å². The Kier molecular flexibility index (Phi) is 11.6. The lowest BCUT2D eigenvalue weighted by Gasteiger charge is -2.32. The molecule has 0 bridgehead atoms. The number of aliphatic imine (C=N–C) groups is 1. The van der Waals surface area contributed by atoms with Crippen molar-refractivity contribution in [3.63, 3.8) is 0 Å². The minimum atomic E-state index is -2.81. The minimum absolute atomic E-state index is 0. The zero-order valence-corrected chi connectivity index (χ0v) is 18.4. The second kappa shape index (κ2) is 13.1. The zero-order chi connectivity index (χ0) is 18.8. The summed E-state index contributed by atoms with van der Waals surface area (Å²) in [6.45, 7) is 5.99. The monoisotopic (exact) mass is 496 g/mol. The van der Waals surface area contributed by atoms with Gasteiger partial charge in [-0.25, -0.2) is 4.99 Å². The van der Waals surface area contributed by atoms with Gasteiger partial charge in [0, 0.05) is 25.7 Å². The van der Waals surface area contributed by atoms with Crippen molar-refractivity contribution in [2.75, 3.05) is 26.2 Å². The van der Waals surface area contributed by atoms with E-state index in [2.05, 4.69) is 32.2 Å². The topological polar surface area (TPSA) is 48.9 Å². The predicted molar refractivity (Wildman–Crippen MR) is 116 cm³/mol. The molecule has 8 heteroatoms. The van der Waals surface area contributed by atoms with E-state index in [4.69, 9.17) is 0 Å². The molecular formula is C19H31F2IN4O. The fraction of sp³-hybridized carbons (Fsp3) is 0.632. The van der Waals surface area contributed by atoms with Gasteiger partial charge in [-0.2, -0.15) is 8.78 Å². The molecule has 1 saturated heterocycles. The molecule has 2 N–H and O–H groups in total. The molecule has 1 heterocycles. The van der Waals surface area contributed by atoms with Crippen molar-refractivity contribution in [2.45, 2.75) is 52.3 Å². The minimum Gasteiger partial charge on any atom is -0.435 e. The first-order valence-corrected chi connectivity index (χ1v) is 9.41. The van der Waals surface area contributed by atoms with Crippen LogP contribution in [0.25, 0.3) is 0 Å². The Morgan fingerprint density at radius 1 is 1.30 bits per heavy atom. The van der Waals surface area contributed by atoms with Crippen LogP contribution in [0.3, 0.4) is 0 Å². The van der Waals surface area contributed by atoms with Crippen molar-refractivity contribution in [1.82, 2.24) is 15.5 Å². The number of benzene rings is 1. The molecule has 0 saturated carbocycles. The van der Waals surface area contributed by atoms with Gasteiger partial charge >= 0.3 is 6.61 Å². The molecule has 0 radical (unpaired) electrons. The Labute approximate surface area is 178 Å². The van der Waals surface area contributed by atoms with Gasteiger partial charge in [0.25, 0.3) is 0 Å². The molecule has 0 atom stereocenters. The van der Waals surface area contributed by atoms with Crippen LogP contribution in [-0.4, -0.2) is 49.7 Å². The molecule has 1 aliphatic heterocycles. The van der Waals surface area contributed by atoms with Gasteiger partial charge in [0.2, 0.25) is 0 Å². The third-order valence-electron chi connectivity index (χ3n) is 4.36. The van der Waals surface area contributed by atoms with Gasteiger partial charge in [-0.05, 0) is 50.4 Å². The largest absolute Gasteiger partial charge is 0.435 e. The average Bonchev–Trinajstić information content (AvgIpc) is 2.61. The van der Waals surface area contributed by atoms with E-state index in [-0.39, 0.29) is 29.7 Å². The molecule has 0 aromatic heterocycles. The number of hydrogen-bond acceptors (Lipinski definition) is 3. The summed E-state index contributed by atoms with van der Waals surface area (Å²) in [5, 5.41) is 6.75. The number of nitrogens with one attached hydrogen (secondary N) is 2. The quantitative estimate of drug-likeness (QED) is 0.327. The maximum atomic E-state index is 12.3. The summed E-state index contributed by atoms with van der Waals surface area (Å²) < 4.78 is 29.1. The summed E-state index contributed by atoms with van der Waals surface area (Å²) in [7, 11) is 0. The molecule has 0 unspecified atom stereocenters. The molecule has 1 aliphatic rings. The number of nitrogens with zero attached hydrogens (tertiary/aromatic N) is 2. The summed E-state index contributed by atoms with van der Waals surface area (Å²) in [4.78, 5) is 7.09. The molecule has 2 rings (SSSR count). The Bertz CT molecular complexity index is 566. The third-order valence-corrected chi connectivity index (χ3v) is 4.36. The van der Waals surface area contributed by atoms with Crippen molar-refractivity contribution in [2.24, 2.45) is 4.99 Å². The highest BCUT2D eigenvalue weighted by molar-refractivity contribution is 14.0. The van der Waals surface area contributed by atoms with E-state index < -0.39 is 6.61 Å². The lowest BCUT2D eigenvalue weighted by molar-refractivity contribution is -0.0498. The Morgan fingerprint density at radius 3 is 2.67 bits per heavy atom. The van der Waals surface area contributed by atoms with Crippen LogP contribution in [0.4, 0.5) is 8.78 Å². The molecule has 1 aromatic rings. The van der Waals surface area contributed by atoms with Gasteiger partial charge in [0.15, 0.2) is 5.96 Å². The standard InChI is InChI=1S/C19H30F2N4O.HI/c1-3-10-25-11-8-16(9-12-25)24-19(22-4-2)23-14-15-6-5-7-17(13-15)26-18(20)21;/h5-7,13,16,18H,3-4,8-12,14H2,1-2H3,(H2,22,23,24);1H. The number of piperidine rings is 1. The van der Waals surface area contributed by atoms with Crippen LogP contribution in [0.5, 0.6) is 5.75 Å². The van der Waals surface area contributed by atoms with E-state index in [1.54, 1.807) is 12.1 Å². The average molecular weight is 496 g/mol. The highest BCUT2D eigenvalue weighted by Gasteiger charge is 2.19. The molecule has 1 fully saturated rings. The summed E-state index contributed by atoms with van der Waals surface area (Å²) in [6.07, 6.45) is 3.39. The molecule has 27 heavy (non-hydrogen) atoms. The Morgan fingerprint density at radius 2 is 2.04 bits per heavy atom. The number of ether oxygens (including phenoxy) is 1. The van der Waals surface area contributed by atoms with Crippen LogP contribution in [0.1, 0.15) is 38.7 Å². The molecule has 0 amide bonds. The maximum Gasteiger partial charge on any atom is 0.387 e. The fourth-order valence-corrected chi connectivity index (χ4v) is 3.12. The summed E-state index contributed by atoms with van der Waals surface area (Å²) in [5.74, 6) is 0.926. The van der Waals surface area contributed by atoms with Gasteiger partial charge in [-0.1, -0.05) is 19.1 Å². The molecule has 5 nitrogen and oxygen atoms in total. The smallest absolute Gasteiger partial charge is 0.387 e. The van der Waals surface area contributed by atoms with Gasteiger partial charge in [-0.15, -0.1) is 24.0 Å². The van der Waals surface area contributed by atoms with Crippen LogP contribution >= 0.6 is 24.0 Å². The normalized spacial score (nSPS) is 16.1. The van der Waals surface area contributed by atoms with Crippen LogP contribution in [0.2, 0.25) is 0 Å². The number of alkyl halides is 2. The maximum absolute atomic E-state index is 12.3. The first-order chi connectivity index (χ1) is 12.6. The first kappa shape index (κ1) is 23.9. The molecule has 0 aliphatic carbocycles. The van der Waals surface area contributed by atoms with Crippen molar-refractivity contribution >= 4 is 29.9 Å². The van der Waals surface area contributed by atoms with Crippen LogP contribution in [-0.2, 0) is 6.54 Å². The summed E-state index contributed by atoms with van der Waals surface area (Å²) in [5.41, 5.74) is 0.832. The number of hydrogen-bond donors (Lipinski definition) is 2. The third kappa shape index (κ3) is 9.05. The van der Waals surface area contributed by atoms with Crippen LogP contribution < -0.4 is 15.4 Å². The highest BCUT2D eigenvalue weighted by atomic mass is 127. The van der Waals surface area contributed by atoms with Crippen molar-refractivity contribution in [3.05, 3.63) is 29.8 Å². The molecular weight excluding hydrogens is 465 g/mol. The van der Waals surface area contributed by atoms with E-state index in [1.165, 1.54) is 12.5 Å². The highest BCUT2D eigenvalue weighted by Crippen LogP contribution is 2.16. The molecule has 1 aromatic carbocycles. The van der Waals surface area contributed by atoms with Crippen LogP contribution in [0.15, 0.2) is 29.3 Å². The van der Waals surface area contributed by atoms with Crippen molar-refractivity contribution in [1.29, 1.82) is 0 Å². The van der Waals surface area contributed by atoms with Gasteiger partial charge < -0.3 is 20.3 Å². The number of rotatable bonds is 8. The number of likely N-dealkylation sites (tertiary alicyclic amines) is 1. The van der Waals surface area contributed by atoms with Gasteiger partial charge in [0.05, 0.1) is 6.54 Å². The predicted octanol–water partition coefficient (Wildman–Crippen LogP) is 3.84. The second-order valence-electron chi connectivity index (χ2n) is 6.48. The van der Waals surface area contributed by atoms with Gasteiger partial charge in [-0.3, -0.25) is 0 Å².